The van der Waals surface area contributed by atoms with E-state index in [4.69, 9.17) is 0 Å². The van der Waals surface area contributed by atoms with Gasteiger partial charge >= 0.3 is 0 Å². The van der Waals surface area contributed by atoms with Crippen molar-refractivity contribution in [2.45, 2.75) is 52.1 Å². The van der Waals surface area contributed by atoms with Crippen LogP contribution in [0, 0.1) is 0 Å². The van der Waals surface area contributed by atoms with Crippen molar-refractivity contribution in [3.8, 4) is 0 Å². The number of amides is 1. The van der Waals surface area contributed by atoms with Gasteiger partial charge in [-0.3, -0.25) is 9.69 Å². The first-order valence-corrected chi connectivity index (χ1v) is 9.44. The van der Waals surface area contributed by atoms with Crippen molar-refractivity contribution >= 4 is 22.4 Å². The molecule has 2 heterocycles. The molecule has 0 radical (unpaired) electrons. The molecule has 1 aliphatic heterocycles. The zero-order valence-corrected chi connectivity index (χ0v) is 15.5. The number of aromatic nitrogens is 1. The van der Waals surface area contributed by atoms with Gasteiger partial charge in [-0.1, -0.05) is 38.1 Å². The van der Waals surface area contributed by atoms with Crippen LogP contribution in [0.15, 0.2) is 36.5 Å². The Balaban J connectivity index is 1.67. The molecule has 4 heteroatoms. The fourth-order valence-electron chi connectivity index (χ4n) is 3.60. The molecule has 25 heavy (non-hydrogen) atoms. The topological polar surface area (TPSA) is 48.1 Å². The number of H-pyrrole nitrogens is 1. The van der Waals surface area contributed by atoms with Crippen molar-refractivity contribution in [1.82, 2.24) is 15.2 Å². The van der Waals surface area contributed by atoms with E-state index in [-0.39, 0.29) is 18.0 Å². The molecule has 2 aromatic rings. The van der Waals surface area contributed by atoms with Gasteiger partial charge in [-0.05, 0) is 37.8 Å². The Morgan fingerprint density at radius 3 is 2.72 bits per heavy atom. The SMILES string of the molecule is CCC(CC)NC(=O)C(C)N1CC=C(c2c[nH]c3ccccc23)CC1. The minimum atomic E-state index is -0.0821. The van der Waals surface area contributed by atoms with Gasteiger partial charge in [0.2, 0.25) is 5.91 Å². The Labute approximate surface area is 150 Å². The minimum absolute atomic E-state index is 0.0821. The molecule has 0 aliphatic carbocycles. The summed E-state index contributed by atoms with van der Waals surface area (Å²) in [6, 6.07) is 8.62. The van der Waals surface area contributed by atoms with Crippen LogP contribution in [0.4, 0.5) is 0 Å². The van der Waals surface area contributed by atoms with Gasteiger partial charge in [0.15, 0.2) is 0 Å². The van der Waals surface area contributed by atoms with E-state index in [9.17, 15) is 4.79 Å². The van der Waals surface area contributed by atoms with Crippen LogP contribution in [-0.4, -0.2) is 41.0 Å². The second kappa shape index (κ2) is 7.87. The normalized spacial score (nSPS) is 16.9. The number of nitrogens with one attached hydrogen (secondary N) is 2. The van der Waals surface area contributed by atoms with Crippen LogP contribution in [0.2, 0.25) is 0 Å². The van der Waals surface area contributed by atoms with E-state index in [1.807, 2.05) is 6.92 Å². The van der Waals surface area contributed by atoms with Crippen LogP contribution in [-0.2, 0) is 4.79 Å². The molecule has 3 rings (SSSR count). The van der Waals surface area contributed by atoms with Gasteiger partial charge in [0.1, 0.15) is 0 Å². The first-order valence-electron chi connectivity index (χ1n) is 9.44. The molecule has 134 valence electrons. The number of carbonyl (C=O) groups is 1. The minimum Gasteiger partial charge on any atom is -0.361 e. The van der Waals surface area contributed by atoms with E-state index < -0.39 is 0 Å². The zero-order valence-electron chi connectivity index (χ0n) is 15.5. The van der Waals surface area contributed by atoms with E-state index in [0.717, 1.165) is 32.4 Å². The Hall–Kier alpha value is -2.07. The molecule has 1 unspecified atom stereocenters. The molecular weight excluding hydrogens is 310 g/mol. The smallest absolute Gasteiger partial charge is 0.237 e. The van der Waals surface area contributed by atoms with Crippen LogP contribution in [0.25, 0.3) is 16.5 Å². The van der Waals surface area contributed by atoms with Gasteiger partial charge in [0.25, 0.3) is 0 Å². The van der Waals surface area contributed by atoms with E-state index in [1.165, 1.54) is 22.0 Å². The molecule has 1 amide bonds. The van der Waals surface area contributed by atoms with E-state index in [2.05, 4.69) is 65.6 Å². The fourth-order valence-corrected chi connectivity index (χ4v) is 3.60. The summed E-state index contributed by atoms with van der Waals surface area (Å²) < 4.78 is 0. The number of carbonyl (C=O) groups excluding carboxylic acids is 1. The Morgan fingerprint density at radius 1 is 1.28 bits per heavy atom. The number of hydrogen-bond donors (Lipinski definition) is 2. The van der Waals surface area contributed by atoms with E-state index >= 15 is 0 Å². The third-order valence-electron chi connectivity index (χ3n) is 5.43. The first kappa shape index (κ1) is 17.7. The van der Waals surface area contributed by atoms with Crippen molar-refractivity contribution in [3.05, 3.63) is 42.1 Å². The van der Waals surface area contributed by atoms with Crippen molar-refractivity contribution in [3.63, 3.8) is 0 Å². The Bertz CT molecular complexity index is 757. The molecule has 1 aromatic heterocycles. The standard InChI is InChI=1S/C21H29N3O/c1-4-17(5-2)23-21(25)15(3)24-12-10-16(11-13-24)19-14-22-20-9-7-6-8-18(19)20/h6-10,14-15,17,22H,4-5,11-13H2,1-3H3,(H,23,25). The predicted octanol–water partition coefficient (Wildman–Crippen LogP) is 3.95. The van der Waals surface area contributed by atoms with E-state index in [0.29, 0.717) is 0 Å². The molecule has 4 nitrogen and oxygen atoms in total. The number of rotatable bonds is 6. The summed E-state index contributed by atoms with van der Waals surface area (Å²) in [4.78, 5) is 18.1. The molecule has 1 aromatic carbocycles. The van der Waals surface area contributed by atoms with Crippen molar-refractivity contribution in [2.75, 3.05) is 13.1 Å². The molecular formula is C21H29N3O. The number of aromatic amines is 1. The lowest BCUT2D eigenvalue weighted by molar-refractivity contribution is -0.126. The molecule has 1 atom stereocenters. The van der Waals surface area contributed by atoms with Gasteiger partial charge in [0.05, 0.1) is 6.04 Å². The molecule has 0 fully saturated rings. The average molecular weight is 339 g/mol. The summed E-state index contributed by atoms with van der Waals surface area (Å²) in [5.41, 5.74) is 3.85. The highest BCUT2D eigenvalue weighted by Crippen LogP contribution is 2.29. The third kappa shape index (κ3) is 3.79. The monoisotopic (exact) mass is 339 g/mol. The van der Waals surface area contributed by atoms with Crippen LogP contribution in [0.3, 0.4) is 0 Å². The lowest BCUT2D eigenvalue weighted by Gasteiger charge is -2.32. The van der Waals surface area contributed by atoms with Gasteiger partial charge in [-0.2, -0.15) is 0 Å². The number of hydrogen-bond acceptors (Lipinski definition) is 2. The predicted molar refractivity (Wildman–Crippen MR) is 104 cm³/mol. The van der Waals surface area contributed by atoms with Gasteiger partial charge < -0.3 is 10.3 Å². The second-order valence-electron chi connectivity index (χ2n) is 6.92. The second-order valence-corrected chi connectivity index (χ2v) is 6.92. The lowest BCUT2D eigenvalue weighted by atomic mass is 9.98. The van der Waals surface area contributed by atoms with Gasteiger partial charge in [-0.25, -0.2) is 0 Å². The quantitative estimate of drug-likeness (QED) is 0.837. The highest BCUT2D eigenvalue weighted by molar-refractivity contribution is 5.92. The maximum atomic E-state index is 12.5. The highest BCUT2D eigenvalue weighted by atomic mass is 16.2. The average Bonchev–Trinajstić information content (AvgIpc) is 3.09. The first-order chi connectivity index (χ1) is 12.1. The molecule has 2 N–H and O–H groups in total. The Kier molecular flexibility index (Phi) is 5.59. The van der Waals surface area contributed by atoms with Crippen molar-refractivity contribution in [1.29, 1.82) is 0 Å². The van der Waals surface area contributed by atoms with Gasteiger partial charge in [-0.15, -0.1) is 0 Å². The summed E-state index contributed by atoms with van der Waals surface area (Å²) in [6.07, 6.45) is 7.33. The van der Waals surface area contributed by atoms with Crippen molar-refractivity contribution < 1.29 is 4.79 Å². The van der Waals surface area contributed by atoms with Gasteiger partial charge in [0, 0.05) is 41.8 Å². The summed E-state index contributed by atoms with van der Waals surface area (Å²) in [6.45, 7) is 8.00. The largest absolute Gasteiger partial charge is 0.361 e. The number of nitrogens with zero attached hydrogens (tertiary/aromatic N) is 1. The zero-order chi connectivity index (χ0) is 17.8. The summed E-state index contributed by atoms with van der Waals surface area (Å²) >= 11 is 0. The molecule has 0 saturated carbocycles. The summed E-state index contributed by atoms with van der Waals surface area (Å²) in [7, 11) is 0. The molecule has 0 saturated heterocycles. The molecule has 0 bridgehead atoms. The number of benzene rings is 1. The highest BCUT2D eigenvalue weighted by Gasteiger charge is 2.25. The maximum Gasteiger partial charge on any atom is 0.237 e. The summed E-state index contributed by atoms with van der Waals surface area (Å²) in [5, 5.41) is 4.45. The fraction of sp³-hybridized carbons (Fsp3) is 0.476. The lowest BCUT2D eigenvalue weighted by Crippen LogP contribution is -2.49. The molecule has 1 aliphatic rings. The van der Waals surface area contributed by atoms with Crippen molar-refractivity contribution in [2.24, 2.45) is 0 Å². The van der Waals surface area contributed by atoms with E-state index in [1.54, 1.807) is 0 Å². The maximum absolute atomic E-state index is 12.5. The van der Waals surface area contributed by atoms with Crippen LogP contribution in [0.1, 0.15) is 45.6 Å². The van der Waals surface area contributed by atoms with Crippen LogP contribution >= 0.6 is 0 Å². The van der Waals surface area contributed by atoms with Crippen LogP contribution in [0.5, 0.6) is 0 Å². The third-order valence-corrected chi connectivity index (χ3v) is 5.43. The number of fused-ring (bicyclic) bond motifs is 1. The van der Waals surface area contributed by atoms with Crippen LogP contribution < -0.4 is 5.32 Å². The Morgan fingerprint density at radius 2 is 2.04 bits per heavy atom. The molecule has 0 spiro atoms. The number of para-hydroxylation sites is 1. The summed E-state index contributed by atoms with van der Waals surface area (Å²) in [5.74, 6) is 0.151.